The summed E-state index contributed by atoms with van der Waals surface area (Å²) in [5.74, 6) is -0.306. The highest BCUT2D eigenvalue weighted by Crippen LogP contribution is 2.27. The summed E-state index contributed by atoms with van der Waals surface area (Å²) in [6.45, 7) is 2.15. The fraction of sp³-hybridized carbons (Fsp3) is 0.182. The largest absolute Gasteiger partial charge is 0.322 e. The van der Waals surface area contributed by atoms with Gasteiger partial charge in [-0.2, -0.15) is 4.31 Å². The Kier molecular flexibility index (Phi) is 6.65. The van der Waals surface area contributed by atoms with Crippen LogP contribution in [0.2, 0.25) is 0 Å². The first-order valence-electron chi connectivity index (χ1n) is 9.78. The standard InChI is InChI=1S/C22H21IN4O3S/c23-20-9-6-17(15-19(20)21-3-1-2-10-25-21)26-22(28)16-4-7-18(8-5-16)31(29,30)27-13-11-24-12-14-27/h1-10,15,24H,11-14H2,(H,26,28). The second-order valence-corrected chi connectivity index (χ2v) is 10.1. The lowest BCUT2D eigenvalue weighted by Crippen LogP contribution is -2.46. The van der Waals surface area contributed by atoms with Crippen LogP contribution >= 0.6 is 22.6 Å². The van der Waals surface area contributed by atoms with Gasteiger partial charge in [0, 0.05) is 52.8 Å². The highest BCUT2D eigenvalue weighted by Gasteiger charge is 2.25. The van der Waals surface area contributed by atoms with Gasteiger partial charge >= 0.3 is 0 Å². The Morgan fingerprint density at radius 3 is 2.45 bits per heavy atom. The second kappa shape index (κ2) is 9.43. The third kappa shape index (κ3) is 4.95. The molecule has 1 aliphatic rings. The number of halogens is 1. The Morgan fingerprint density at radius 1 is 1.03 bits per heavy atom. The zero-order chi connectivity index (χ0) is 21.8. The quantitative estimate of drug-likeness (QED) is 0.478. The molecule has 3 aromatic rings. The molecule has 0 atom stereocenters. The molecule has 9 heteroatoms. The lowest BCUT2D eigenvalue weighted by atomic mass is 10.1. The van der Waals surface area contributed by atoms with Gasteiger partial charge in [0.05, 0.1) is 10.6 Å². The van der Waals surface area contributed by atoms with Gasteiger partial charge in [-0.1, -0.05) is 6.07 Å². The van der Waals surface area contributed by atoms with Crippen LogP contribution < -0.4 is 10.6 Å². The Hall–Kier alpha value is -2.34. The number of anilines is 1. The molecule has 1 saturated heterocycles. The highest BCUT2D eigenvalue weighted by atomic mass is 127. The summed E-state index contributed by atoms with van der Waals surface area (Å²) in [6.07, 6.45) is 1.73. The van der Waals surface area contributed by atoms with Crippen LogP contribution in [0, 0.1) is 3.57 Å². The number of rotatable bonds is 5. The molecule has 2 heterocycles. The van der Waals surface area contributed by atoms with Gasteiger partial charge in [-0.15, -0.1) is 0 Å². The molecule has 1 aromatic heterocycles. The number of hydrogen-bond acceptors (Lipinski definition) is 5. The zero-order valence-electron chi connectivity index (χ0n) is 16.6. The zero-order valence-corrected chi connectivity index (χ0v) is 19.6. The summed E-state index contributed by atoms with van der Waals surface area (Å²) in [6, 6.07) is 17.4. The smallest absolute Gasteiger partial charge is 0.255 e. The summed E-state index contributed by atoms with van der Waals surface area (Å²) < 4.78 is 28.0. The number of amides is 1. The average Bonchev–Trinajstić information content (AvgIpc) is 2.81. The van der Waals surface area contributed by atoms with Gasteiger partial charge in [0.2, 0.25) is 10.0 Å². The predicted octanol–water partition coefficient (Wildman–Crippen LogP) is 3.20. The molecule has 0 radical (unpaired) electrons. The Morgan fingerprint density at radius 2 is 1.77 bits per heavy atom. The van der Waals surface area contributed by atoms with Crippen LogP contribution in [0.15, 0.2) is 71.8 Å². The Bertz CT molecular complexity index is 1180. The predicted molar refractivity (Wildman–Crippen MR) is 128 cm³/mol. The van der Waals surface area contributed by atoms with Crippen LogP contribution in [0.1, 0.15) is 10.4 Å². The van der Waals surface area contributed by atoms with E-state index in [9.17, 15) is 13.2 Å². The topological polar surface area (TPSA) is 91.4 Å². The number of hydrogen-bond donors (Lipinski definition) is 2. The maximum absolute atomic E-state index is 12.8. The lowest BCUT2D eigenvalue weighted by molar-refractivity contribution is 0.102. The van der Waals surface area contributed by atoms with Gasteiger partial charge in [-0.05, 0) is 77.2 Å². The first-order valence-corrected chi connectivity index (χ1v) is 12.3. The molecule has 0 saturated carbocycles. The number of carbonyl (C=O) groups excluding carboxylic acids is 1. The van der Waals surface area contributed by atoms with E-state index in [0.717, 1.165) is 14.8 Å². The molecule has 0 spiro atoms. The van der Waals surface area contributed by atoms with Crippen molar-refractivity contribution in [1.29, 1.82) is 0 Å². The number of piperazine rings is 1. The maximum Gasteiger partial charge on any atom is 0.255 e. The Balaban J connectivity index is 1.51. The van der Waals surface area contributed by atoms with Crippen molar-refractivity contribution in [2.45, 2.75) is 4.90 Å². The Labute approximate surface area is 195 Å². The van der Waals surface area contributed by atoms with E-state index in [4.69, 9.17) is 0 Å². The number of nitrogens with zero attached hydrogens (tertiary/aromatic N) is 2. The number of pyridine rings is 1. The third-order valence-corrected chi connectivity index (χ3v) is 7.85. The minimum atomic E-state index is -3.55. The van der Waals surface area contributed by atoms with E-state index >= 15 is 0 Å². The number of benzene rings is 2. The van der Waals surface area contributed by atoms with Crippen molar-refractivity contribution in [3.8, 4) is 11.3 Å². The van der Waals surface area contributed by atoms with Crippen molar-refractivity contribution in [3.63, 3.8) is 0 Å². The van der Waals surface area contributed by atoms with E-state index in [1.165, 1.54) is 28.6 Å². The van der Waals surface area contributed by atoms with Crippen molar-refractivity contribution >= 4 is 44.2 Å². The summed E-state index contributed by atoms with van der Waals surface area (Å²) in [4.78, 5) is 17.3. The molecule has 2 aromatic carbocycles. The maximum atomic E-state index is 12.8. The van der Waals surface area contributed by atoms with Crippen LogP contribution in [0.5, 0.6) is 0 Å². The number of sulfonamides is 1. The summed E-state index contributed by atoms with van der Waals surface area (Å²) >= 11 is 2.24. The van der Waals surface area contributed by atoms with Crippen LogP contribution in [0.4, 0.5) is 5.69 Å². The normalized spacial score (nSPS) is 14.9. The minimum absolute atomic E-state index is 0.192. The van der Waals surface area contributed by atoms with Gasteiger partial charge < -0.3 is 10.6 Å². The summed E-state index contributed by atoms with van der Waals surface area (Å²) in [5.41, 5.74) is 2.78. The van der Waals surface area contributed by atoms with Crippen molar-refractivity contribution in [1.82, 2.24) is 14.6 Å². The number of nitrogens with one attached hydrogen (secondary N) is 2. The highest BCUT2D eigenvalue weighted by molar-refractivity contribution is 14.1. The van der Waals surface area contributed by atoms with Crippen molar-refractivity contribution < 1.29 is 13.2 Å². The molecule has 2 N–H and O–H groups in total. The van der Waals surface area contributed by atoms with E-state index in [1.54, 1.807) is 6.20 Å². The fourth-order valence-corrected chi connectivity index (χ4v) is 5.39. The molecule has 31 heavy (non-hydrogen) atoms. The molecule has 1 aliphatic heterocycles. The molecule has 160 valence electrons. The van der Waals surface area contributed by atoms with Crippen molar-refractivity contribution in [2.75, 3.05) is 31.5 Å². The number of carbonyl (C=O) groups is 1. The summed E-state index contributed by atoms with van der Waals surface area (Å²) in [5, 5.41) is 6.02. The minimum Gasteiger partial charge on any atom is -0.322 e. The molecule has 1 amide bonds. The van der Waals surface area contributed by atoms with Crippen molar-refractivity contribution in [2.24, 2.45) is 0 Å². The van der Waals surface area contributed by atoms with Gasteiger partial charge in [0.25, 0.3) is 5.91 Å². The molecule has 0 bridgehead atoms. The molecular formula is C22H21IN4O3S. The molecule has 0 unspecified atom stereocenters. The fourth-order valence-electron chi connectivity index (χ4n) is 3.34. The first-order chi connectivity index (χ1) is 14.9. The van der Waals surface area contributed by atoms with E-state index in [-0.39, 0.29) is 10.8 Å². The first kappa shape index (κ1) is 21.9. The number of aromatic nitrogens is 1. The molecule has 7 nitrogen and oxygen atoms in total. The van der Waals surface area contributed by atoms with E-state index in [0.29, 0.717) is 37.4 Å². The lowest BCUT2D eigenvalue weighted by Gasteiger charge is -2.26. The van der Waals surface area contributed by atoms with E-state index in [2.05, 4.69) is 38.2 Å². The van der Waals surface area contributed by atoms with E-state index in [1.807, 2.05) is 36.4 Å². The second-order valence-electron chi connectivity index (χ2n) is 7.04. The van der Waals surface area contributed by atoms with Crippen LogP contribution in [-0.4, -0.2) is 49.8 Å². The van der Waals surface area contributed by atoms with Gasteiger partial charge in [-0.3, -0.25) is 9.78 Å². The molecular weight excluding hydrogens is 527 g/mol. The van der Waals surface area contributed by atoms with Gasteiger partial charge in [0.15, 0.2) is 0 Å². The average molecular weight is 548 g/mol. The molecule has 0 aliphatic carbocycles. The van der Waals surface area contributed by atoms with Crippen molar-refractivity contribution in [3.05, 3.63) is 76.0 Å². The van der Waals surface area contributed by atoms with Gasteiger partial charge in [-0.25, -0.2) is 8.42 Å². The molecule has 1 fully saturated rings. The molecule has 4 rings (SSSR count). The van der Waals surface area contributed by atoms with E-state index < -0.39 is 10.0 Å². The third-order valence-electron chi connectivity index (χ3n) is 5.00. The monoisotopic (exact) mass is 548 g/mol. The summed E-state index contributed by atoms with van der Waals surface area (Å²) in [7, 11) is -3.55. The van der Waals surface area contributed by atoms with Crippen LogP contribution in [0.25, 0.3) is 11.3 Å². The van der Waals surface area contributed by atoms with Crippen LogP contribution in [-0.2, 0) is 10.0 Å². The van der Waals surface area contributed by atoms with Gasteiger partial charge in [0.1, 0.15) is 0 Å². The van der Waals surface area contributed by atoms with Crippen LogP contribution in [0.3, 0.4) is 0 Å². The SMILES string of the molecule is O=C(Nc1ccc(I)c(-c2ccccn2)c1)c1ccc(S(=O)(=O)N2CCNCC2)cc1.